The van der Waals surface area contributed by atoms with Crippen molar-refractivity contribution in [2.45, 2.75) is 18.9 Å². The van der Waals surface area contributed by atoms with E-state index < -0.39 is 0 Å². The molecule has 8 nitrogen and oxygen atoms in total. The van der Waals surface area contributed by atoms with Gasteiger partial charge in [0, 0.05) is 20.1 Å². The van der Waals surface area contributed by atoms with E-state index in [1.807, 2.05) is 23.9 Å². The van der Waals surface area contributed by atoms with Gasteiger partial charge in [0.2, 0.25) is 5.91 Å². The highest BCUT2D eigenvalue weighted by Gasteiger charge is 2.23. The van der Waals surface area contributed by atoms with Gasteiger partial charge in [-0.2, -0.15) is 0 Å². The normalized spacial score (nSPS) is 14.6. The molecule has 1 aliphatic rings. The average molecular weight is 376 g/mol. The van der Waals surface area contributed by atoms with Crippen molar-refractivity contribution in [3.8, 4) is 0 Å². The molecule has 134 valence electrons. The molecule has 3 heterocycles. The number of likely N-dealkylation sites (N-methyl/N-ethyl adjacent to an activating group) is 2. The van der Waals surface area contributed by atoms with E-state index in [0.717, 1.165) is 31.4 Å². The number of hydrogen-bond donors (Lipinski definition) is 2. The summed E-state index contributed by atoms with van der Waals surface area (Å²) in [4.78, 5) is 31.7. The Kier molecular flexibility index (Phi) is 7.65. The number of aromatic amines is 1. The van der Waals surface area contributed by atoms with E-state index in [-0.39, 0.29) is 37.3 Å². The lowest BCUT2D eigenvalue weighted by molar-refractivity contribution is -0.130. The molecule has 0 saturated carbocycles. The Labute approximate surface area is 153 Å². The maximum Gasteiger partial charge on any atom is 0.242 e. The molecule has 1 aliphatic heterocycles. The lowest BCUT2D eigenvalue weighted by Crippen LogP contribution is -2.47. The summed E-state index contributed by atoms with van der Waals surface area (Å²) in [5.41, 5.74) is 1.36. The van der Waals surface area contributed by atoms with Crippen molar-refractivity contribution >= 4 is 47.7 Å². The number of piperidine rings is 1. The van der Waals surface area contributed by atoms with Gasteiger partial charge in [0.05, 0.1) is 12.9 Å². The maximum atomic E-state index is 12.5. The van der Waals surface area contributed by atoms with Gasteiger partial charge in [-0.1, -0.05) is 0 Å². The van der Waals surface area contributed by atoms with Gasteiger partial charge in [0.15, 0.2) is 11.5 Å². The van der Waals surface area contributed by atoms with E-state index in [1.165, 1.54) is 6.33 Å². The highest BCUT2D eigenvalue weighted by Crippen LogP contribution is 2.18. The van der Waals surface area contributed by atoms with E-state index in [0.29, 0.717) is 17.5 Å². The van der Waals surface area contributed by atoms with Crippen molar-refractivity contribution in [2.24, 2.45) is 0 Å². The van der Waals surface area contributed by atoms with Gasteiger partial charge >= 0.3 is 0 Å². The van der Waals surface area contributed by atoms with Crippen LogP contribution in [0.3, 0.4) is 0 Å². The van der Waals surface area contributed by atoms with Crippen molar-refractivity contribution in [1.82, 2.24) is 30.2 Å². The smallest absolute Gasteiger partial charge is 0.242 e. The lowest BCUT2D eigenvalue weighted by Gasteiger charge is -2.32. The summed E-state index contributed by atoms with van der Waals surface area (Å²) in [6, 6.07) is 0.319. The summed E-state index contributed by atoms with van der Waals surface area (Å²) >= 11 is 0. The van der Waals surface area contributed by atoms with Crippen molar-refractivity contribution in [3.05, 3.63) is 12.7 Å². The predicted molar refractivity (Wildman–Crippen MR) is 98.1 cm³/mol. The van der Waals surface area contributed by atoms with Gasteiger partial charge in [-0.25, -0.2) is 15.0 Å². The molecule has 24 heavy (non-hydrogen) atoms. The fourth-order valence-electron chi connectivity index (χ4n) is 2.83. The number of fused-ring (bicyclic) bond motifs is 1. The van der Waals surface area contributed by atoms with Crippen LogP contribution in [0.25, 0.3) is 11.2 Å². The standard InChI is InChI=1S/C14H21N7O.2ClH/c1-20(14-12-13(17-8-16-12)18-9-19-14)7-11(22)21(2)10-3-5-15-6-4-10;;/h8-10,15H,3-7H2,1-2H3,(H,16,17,18,19);2*1H. The fourth-order valence-corrected chi connectivity index (χ4v) is 2.83. The lowest BCUT2D eigenvalue weighted by atomic mass is 10.1. The zero-order valence-corrected chi connectivity index (χ0v) is 15.4. The number of rotatable bonds is 4. The van der Waals surface area contributed by atoms with Gasteiger partial charge in [0.1, 0.15) is 11.8 Å². The number of imidazole rings is 1. The van der Waals surface area contributed by atoms with Gasteiger partial charge in [-0.15, -0.1) is 24.8 Å². The Balaban J connectivity index is 0.00000144. The molecule has 0 aliphatic carbocycles. The van der Waals surface area contributed by atoms with E-state index in [2.05, 4.69) is 25.3 Å². The molecule has 3 rings (SSSR count). The van der Waals surface area contributed by atoms with Crippen LogP contribution in [0, 0.1) is 0 Å². The zero-order valence-electron chi connectivity index (χ0n) is 13.7. The van der Waals surface area contributed by atoms with Crippen LogP contribution in [0.1, 0.15) is 12.8 Å². The van der Waals surface area contributed by atoms with Crippen molar-refractivity contribution < 1.29 is 4.79 Å². The van der Waals surface area contributed by atoms with Crippen molar-refractivity contribution in [1.29, 1.82) is 0 Å². The number of nitrogens with zero attached hydrogens (tertiary/aromatic N) is 5. The Morgan fingerprint density at radius 2 is 1.92 bits per heavy atom. The summed E-state index contributed by atoms with van der Waals surface area (Å²) in [5, 5.41) is 3.32. The van der Waals surface area contributed by atoms with Crippen LogP contribution in [0.5, 0.6) is 0 Å². The third-order valence-corrected chi connectivity index (χ3v) is 4.19. The highest BCUT2D eigenvalue weighted by molar-refractivity contribution is 5.87. The van der Waals surface area contributed by atoms with E-state index in [4.69, 9.17) is 0 Å². The van der Waals surface area contributed by atoms with Crippen LogP contribution in [0.2, 0.25) is 0 Å². The minimum absolute atomic E-state index is 0. The summed E-state index contributed by atoms with van der Waals surface area (Å²) in [5.74, 6) is 0.787. The third kappa shape index (κ3) is 4.25. The minimum Gasteiger partial charge on any atom is -0.348 e. The Hall–Kier alpha value is -1.64. The Bertz CT molecular complexity index is 659. The molecule has 0 radical (unpaired) electrons. The monoisotopic (exact) mass is 375 g/mol. The number of anilines is 1. The minimum atomic E-state index is 0. The predicted octanol–water partition coefficient (Wildman–Crippen LogP) is 0.843. The van der Waals surface area contributed by atoms with Gasteiger partial charge in [0.25, 0.3) is 0 Å². The first kappa shape index (κ1) is 20.4. The second-order valence-electron chi connectivity index (χ2n) is 5.64. The van der Waals surface area contributed by atoms with Gasteiger partial charge in [-0.3, -0.25) is 4.79 Å². The molecule has 0 bridgehead atoms. The SMILES string of the molecule is CN(CC(=O)N(C)C1CCNCC1)c1ncnc2nc[nH]c12.Cl.Cl. The van der Waals surface area contributed by atoms with Crippen LogP contribution in [-0.4, -0.2) is 70.5 Å². The summed E-state index contributed by atoms with van der Waals surface area (Å²) in [6.07, 6.45) is 5.06. The topological polar surface area (TPSA) is 90.0 Å². The third-order valence-electron chi connectivity index (χ3n) is 4.19. The average Bonchev–Trinajstić information content (AvgIpc) is 3.03. The van der Waals surface area contributed by atoms with Crippen LogP contribution in [-0.2, 0) is 4.79 Å². The van der Waals surface area contributed by atoms with Gasteiger partial charge < -0.3 is 20.1 Å². The highest BCUT2D eigenvalue weighted by atomic mass is 35.5. The number of carbonyl (C=O) groups excluding carboxylic acids is 1. The number of halogens is 2. The largest absolute Gasteiger partial charge is 0.348 e. The van der Waals surface area contributed by atoms with E-state index in [1.54, 1.807) is 6.33 Å². The van der Waals surface area contributed by atoms with Gasteiger partial charge in [-0.05, 0) is 25.9 Å². The van der Waals surface area contributed by atoms with Crippen LogP contribution >= 0.6 is 24.8 Å². The second kappa shape index (κ2) is 9.00. The number of carbonyl (C=O) groups is 1. The number of hydrogen-bond acceptors (Lipinski definition) is 6. The number of amides is 1. The number of H-pyrrole nitrogens is 1. The van der Waals surface area contributed by atoms with Crippen molar-refractivity contribution in [3.63, 3.8) is 0 Å². The molecular weight excluding hydrogens is 353 g/mol. The summed E-state index contributed by atoms with van der Waals surface area (Å²) < 4.78 is 0. The second-order valence-corrected chi connectivity index (χ2v) is 5.64. The Morgan fingerprint density at radius 1 is 1.21 bits per heavy atom. The van der Waals surface area contributed by atoms with Crippen LogP contribution in [0.4, 0.5) is 5.82 Å². The molecule has 1 fully saturated rings. The molecule has 1 amide bonds. The molecule has 2 N–H and O–H groups in total. The molecule has 2 aromatic rings. The molecule has 0 aromatic carbocycles. The molecule has 0 unspecified atom stereocenters. The zero-order chi connectivity index (χ0) is 15.5. The first-order valence-corrected chi connectivity index (χ1v) is 7.48. The Morgan fingerprint density at radius 3 is 2.62 bits per heavy atom. The fraction of sp³-hybridized carbons (Fsp3) is 0.571. The van der Waals surface area contributed by atoms with Crippen LogP contribution in [0.15, 0.2) is 12.7 Å². The van der Waals surface area contributed by atoms with E-state index in [9.17, 15) is 4.79 Å². The molecule has 0 atom stereocenters. The first-order chi connectivity index (χ1) is 10.7. The quantitative estimate of drug-likeness (QED) is 0.822. The molecule has 2 aromatic heterocycles. The number of aromatic nitrogens is 4. The van der Waals surface area contributed by atoms with Crippen molar-refractivity contribution in [2.75, 3.05) is 38.6 Å². The number of nitrogens with one attached hydrogen (secondary N) is 2. The molecule has 0 spiro atoms. The van der Waals surface area contributed by atoms with E-state index >= 15 is 0 Å². The maximum absolute atomic E-state index is 12.5. The summed E-state index contributed by atoms with van der Waals surface area (Å²) in [6.45, 7) is 2.23. The van der Waals surface area contributed by atoms with Crippen LogP contribution < -0.4 is 10.2 Å². The molecule has 1 saturated heterocycles. The first-order valence-electron chi connectivity index (χ1n) is 7.48. The summed E-state index contributed by atoms with van der Waals surface area (Å²) in [7, 11) is 3.74. The molecule has 10 heteroatoms. The molecular formula is C14H23Cl2N7O.